The fourth-order valence-corrected chi connectivity index (χ4v) is 13.2. The number of carbonyl (C=O) groups is 4. The van der Waals surface area contributed by atoms with Crippen LogP contribution in [0.2, 0.25) is 0 Å². The van der Waals surface area contributed by atoms with E-state index in [-0.39, 0.29) is 25.7 Å². The molecule has 0 saturated carbocycles. The van der Waals surface area contributed by atoms with E-state index < -0.39 is 97.5 Å². The lowest BCUT2D eigenvalue weighted by atomic mass is 10.0. The van der Waals surface area contributed by atoms with Gasteiger partial charge in [-0.1, -0.05) is 336 Å². The molecular formula is C79H150O17P2. The van der Waals surface area contributed by atoms with Gasteiger partial charge in [0.2, 0.25) is 0 Å². The number of phosphoric acid groups is 2. The van der Waals surface area contributed by atoms with Crippen LogP contribution in [0.1, 0.15) is 388 Å². The van der Waals surface area contributed by atoms with Crippen LogP contribution in [0.15, 0.2) is 24.3 Å². The number of phosphoric ester groups is 2. The molecule has 0 rings (SSSR count). The zero-order chi connectivity index (χ0) is 72.1. The van der Waals surface area contributed by atoms with Crippen molar-refractivity contribution in [3.8, 4) is 0 Å². The smallest absolute Gasteiger partial charge is 0.462 e. The Hall–Kier alpha value is -2.46. The van der Waals surface area contributed by atoms with Crippen LogP contribution in [0.25, 0.3) is 0 Å². The fraction of sp³-hybridized carbons (Fsp3) is 0.899. The van der Waals surface area contributed by atoms with E-state index in [1.165, 1.54) is 180 Å². The molecule has 0 aliphatic rings. The van der Waals surface area contributed by atoms with E-state index in [1.54, 1.807) is 0 Å². The molecule has 0 fully saturated rings. The molecule has 0 bridgehead atoms. The van der Waals surface area contributed by atoms with Gasteiger partial charge in [-0.25, -0.2) is 9.13 Å². The highest BCUT2D eigenvalue weighted by atomic mass is 31.2. The minimum absolute atomic E-state index is 0.102. The van der Waals surface area contributed by atoms with Crippen molar-refractivity contribution in [2.45, 2.75) is 407 Å². The lowest BCUT2D eigenvalue weighted by Crippen LogP contribution is -2.30. The molecule has 19 heteroatoms. The molecule has 0 spiro atoms. The average molecular weight is 1430 g/mol. The van der Waals surface area contributed by atoms with Gasteiger partial charge in [0.15, 0.2) is 12.2 Å². The van der Waals surface area contributed by atoms with Crippen molar-refractivity contribution in [2.24, 2.45) is 11.8 Å². The van der Waals surface area contributed by atoms with Crippen LogP contribution in [-0.4, -0.2) is 96.7 Å². The topological polar surface area (TPSA) is 237 Å². The number of ether oxygens (including phenoxy) is 4. The molecule has 0 aromatic heterocycles. The third-order valence-corrected chi connectivity index (χ3v) is 19.7. The Morgan fingerprint density at radius 3 is 0.837 bits per heavy atom. The van der Waals surface area contributed by atoms with Crippen molar-refractivity contribution < 1.29 is 80.2 Å². The van der Waals surface area contributed by atoms with Gasteiger partial charge in [-0.2, -0.15) is 0 Å². The van der Waals surface area contributed by atoms with E-state index in [4.69, 9.17) is 37.0 Å². The van der Waals surface area contributed by atoms with Gasteiger partial charge in [-0.3, -0.25) is 37.3 Å². The number of aliphatic hydroxyl groups excluding tert-OH is 1. The molecule has 0 radical (unpaired) electrons. The van der Waals surface area contributed by atoms with Crippen molar-refractivity contribution >= 4 is 39.5 Å². The number of hydrogen-bond donors (Lipinski definition) is 3. The van der Waals surface area contributed by atoms with Gasteiger partial charge in [0.05, 0.1) is 26.4 Å². The van der Waals surface area contributed by atoms with Crippen LogP contribution < -0.4 is 0 Å². The van der Waals surface area contributed by atoms with E-state index in [9.17, 15) is 43.2 Å². The maximum atomic E-state index is 13.1. The Kier molecular flexibility index (Phi) is 68.5. The first-order valence-corrected chi connectivity index (χ1v) is 43.3. The van der Waals surface area contributed by atoms with Crippen LogP contribution in [0, 0.1) is 11.8 Å². The van der Waals surface area contributed by atoms with Gasteiger partial charge in [0, 0.05) is 25.7 Å². The molecule has 0 amide bonds. The van der Waals surface area contributed by atoms with Gasteiger partial charge >= 0.3 is 39.5 Å². The molecule has 0 aliphatic carbocycles. The molecule has 5 atom stereocenters. The highest BCUT2D eigenvalue weighted by molar-refractivity contribution is 7.47. The van der Waals surface area contributed by atoms with Gasteiger partial charge in [-0.15, -0.1) is 0 Å². The molecule has 0 aromatic rings. The molecule has 2 unspecified atom stereocenters. The number of hydrogen-bond acceptors (Lipinski definition) is 15. The Morgan fingerprint density at radius 1 is 0.316 bits per heavy atom. The summed E-state index contributed by atoms with van der Waals surface area (Å²) in [5, 5.41) is 10.6. The maximum Gasteiger partial charge on any atom is 0.472 e. The van der Waals surface area contributed by atoms with E-state index in [2.05, 4.69) is 65.8 Å². The summed E-state index contributed by atoms with van der Waals surface area (Å²) in [5.74, 6) is -0.707. The highest BCUT2D eigenvalue weighted by Gasteiger charge is 2.30. The van der Waals surface area contributed by atoms with Crippen molar-refractivity contribution in [2.75, 3.05) is 39.6 Å². The molecule has 0 aliphatic heterocycles. The van der Waals surface area contributed by atoms with E-state index in [0.29, 0.717) is 31.6 Å². The monoisotopic (exact) mass is 1430 g/mol. The second kappa shape index (κ2) is 70.2. The quantitative estimate of drug-likeness (QED) is 0.0169. The summed E-state index contributed by atoms with van der Waals surface area (Å²) in [7, 11) is -9.93. The van der Waals surface area contributed by atoms with Gasteiger partial charge in [0.25, 0.3) is 0 Å². The number of aliphatic hydroxyl groups is 1. The van der Waals surface area contributed by atoms with Crippen LogP contribution in [0.5, 0.6) is 0 Å². The summed E-state index contributed by atoms with van der Waals surface area (Å²) in [6.07, 6.45) is 62.1. The van der Waals surface area contributed by atoms with Crippen molar-refractivity contribution in [3.63, 3.8) is 0 Å². The largest absolute Gasteiger partial charge is 0.472 e. The normalized spacial score (nSPS) is 14.1. The van der Waals surface area contributed by atoms with Crippen LogP contribution in [-0.2, 0) is 65.4 Å². The zero-order valence-corrected chi connectivity index (χ0v) is 65.4. The third-order valence-electron chi connectivity index (χ3n) is 17.8. The van der Waals surface area contributed by atoms with Crippen molar-refractivity contribution in [3.05, 3.63) is 24.3 Å². The minimum Gasteiger partial charge on any atom is -0.462 e. The Labute approximate surface area is 599 Å². The van der Waals surface area contributed by atoms with E-state index in [0.717, 1.165) is 121 Å². The Morgan fingerprint density at radius 2 is 0.551 bits per heavy atom. The van der Waals surface area contributed by atoms with Crippen molar-refractivity contribution in [1.29, 1.82) is 0 Å². The van der Waals surface area contributed by atoms with Gasteiger partial charge < -0.3 is 33.8 Å². The molecule has 3 N–H and O–H groups in total. The second-order valence-electron chi connectivity index (χ2n) is 28.7. The third kappa shape index (κ3) is 71.9. The number of esters is 4. The maximum absolute atomic E-state index is 13.1. The number of unbranched alkanes of at least 4 members (excludes halogenated alkanes) is 43. The first kappa shape index (κ1) is 95.5. The molecular weight excluding hydrogens is 1280 g/mol. The number of rotatable bonds is 76. The summed E-state index contributed by atoms with van der Waals surface area (Å²) in [5.41, 5.74) is 0. The SMILES string of the molecule is CCCCCC/C=C\C=C/CCCCCCCC(=O)OC[C@H](COP(=O)(O)OC[C@@H](O)COP(=O)(O)OC[C@@H](COC(=O)CCCCCCCCCC(C)C)OC(=O)CCCCCCCCCCCC(C)C)OC(=O)CCCCCCCCCCCCCCCCCCCCCCC. The molecule has 0 saturated heterocycles. The molecule has 0 heterocycles. The van der Waals surface area contributed by atoms with E-state index in [1.807, 2.05) is 0 Å². The highest BCUT2D eigenvalue weighted by Crippen LogP contribution is 2.45. The Bertz CT molecular complexity index is 1980. The van der Waals surface area contributed by atoms with Crippen LogP contribution in [0.3, 0.4) is 0 Å². The van der Waals surface area contributed by atoms with E-state index >= 15 is 0 Å². The first-order valence-electron chi connectivity index (χ1n) is 40.3. The number of carbonyl (C=O) groups excluding carboxylic acids is 4. The zero-order valence-electron chi connectivity index (χ0n) is 63.6. The molecule has 0 aromatic carbocycles. The molecule has 578 valence electrons. The predicted octanol–water partition coefficient (Wildman–Crippen LogP) is 23.1. The Balaban J connectivity index is 5.24. The minimum atomic E-state index is -4.97. The first-order chi connectivity index (χ1) is 47.4. The molecule has 17 nitrogen and oxygen atoms in total. The van der Waals surface area contributed by atoms with Crippen LogP contribution in [0.4, 0.5) is 0 Å². The summed E-state index contributed by atoms with van der Waals surface area (Å²) in [4.78, 5) is 72.9. The lowest BCUT2D eigenvalue weighted by molar-refractivity contribution is -0.161. The predicted molar refractivity (Wildman–Crippen MR) is 400 cm³/mol. The summed E-state index contributed by atoms with van der Waals surface area (Å²) < 4.78 is 68.5. The average Bonchev–Trinajstić information content (AvgIpc) is 1.09. The standard InChI is InChI=1S/C79H150O17P2/c1-7-9-11-13-15-17-19-21-23-24-25-26-27-28-30-32-34-38-44-51-57-63-78(83)95-74(67-89-76(81)61-55-49-43-37-33-31-29-22-20-18-16-14-12-10-8-2)69-93-97(85,86)91-65-73(80)66-92-98(87,88)94-70-75(68-90-77(82)62-56-50-46-40-42-48-54-60-72(5)6)96-79(84)64-58-52-45-39-35-36-41-47-53-59-71(3)4/h18,20,22,29,71-75,80H,7-17,19,21,23-28,30-70H2,1-6H3,(H,85,86)(H,87,88)/b20-18-,29-22-/t73-,74-,75-/m1/s1. The summed E-state index contributed by atoms with van der Waals surface area (Å²) in [6, 6.07) is 0. The van der Waals surface area contributed by atoms with Crippen LogP contribution >= 0.6 is 15.6 Å². The number of allylic oxidation sites excluding steroid dienone is 4. The summed E-state index contributed by atoms with van der Waals surface area (Å²) >= 11 is 0. The molecule has 98 heavy (non-hydrogen) atoms. The van der Waals surface area contributed by atoms with Gasteiger partial charge in [-0.05, 0) is 63.2 Å². The fourth-order valence-electron chi connectivity index (χ4n) is 11.6. The second-order valence-corrected chi connectivity index (χ2v) is 31.6. The summed E-state index contributed by atoms with van der Waals surface area (Å²) in [6.45, 7) is 9.46. The van der Waals surface area contributed by atoms with Crippen molar-refractivity contribution in [1.82, 2.24) is 0 Å². The lowest BCUT2D eigenvalue weighted by Gasteiger charge is -2.21. The van der Waals surface area contributed by atoms with Gasteiger partial charge in [0.1, 0.15) is 19.3 Å².